The van der Waals surface area contributed by atoms with Gasteiger partial charge in [-0.25, -0.2) is 0 Å². The summed E-state index contributed by atoms with van der Waals surface area (Å²) in [5, 5.41) is 0. The molecule has 12 heavy (non-hydrogen) atoms. The van der Waals surface area contributed by atoms with Crippen LogP contribution in [0.1, 0.15) is 11.1 Å². The first-order valence-corrected chi connectivity index (χ1v) is 3.80. The molecule has 1 radical (unpaired) electrons. The molecule has 65 valence electrons. The smallest absolute Gasteiger partial charge is 0.130 e. The van der Waals surface area contributed by atoms with Gasteiger partial charge in [0.1, 0.15) is 11.5 Å². The van der Waals surface area contributed by atoms with E-state index in [4.69, 9.17) is 9.47 Å². The molecule has 0 saturated carbocycles. The minimum Gasteiger partial charge on any atom is -0.496 e. The van der Waals surface area contributed by atoms with E-state index in [1.807, 2.05) is 13.8 Å². The summed E-state index contributed by atoms with van der Waals surface area (Å²) in [6.45, 7) is 4.00. The van der Waals surface area contributed by atoms with Gasteiger partial charge in [0.25, 0.3) is 0 Å². The monoisotopic (exact) mass is 165 g/mol. The van der Waals surface area contributed by atoms with Crippen molar-refractivity contribution < 1.29 is 9.47 Å². The summed E-state index contributed by atoms with van der Waals surface area (Å²) in [6.07, 6.45) is 0. The van der Waals surface area contributed by atoms with Crippen LogP contribution in [0.5, 0.6) is 11.5 Å². The molecule has 0 amide bonds. The lowest BCUT2D eigenvalue weighted by Gasteiger charge is -2.10. The molecule has 0 aliphatic heterocycles. The minimum atomic E-state index is 0.785. The third-order valence-electron chi connectivity index (χ3n) is 2.03. The molecule has 0 aliphatic rings. The van der Waals surface area contributed by atoms with Crippen LogP contribution in [-0.2, 0) is 0 Å². The number of ether oxygens (including phenoxy) is 2. The molecular weight excluding hydrogens is 152 g/mol. The van der Waals surface area contributed by atoms with Crippen molar-refractivity contribution in [3.8, 4) is 11.5 Å². The fourth-order valence-corrected chi connectivity index (χ4v) is 1.13. The van der Waals surface area contributed by atoms with E-state index in [0.717, 1.165) is 22.6 Å². The minimum absolute atomic E-state index is 0.785. The average Bonchev–Trinajstić information content (AvgIpc) is 2.10. The first-order valence-electron chi connectivity index (χ1n) is 3.80. The molecule has 0 saturated heterocycles. The Balaban J connectivity index is 3.20. The van der Waals surface area contributed by atoms with Crippen LogP contribution in [0, 0.1) is 19.9 Å². The van der Waals surface area contributed by atoms with Gasteiger partial charge in [-0.05, 0) is 31.0 Å². The lowest BCUT2D eigenvalue weighted by Crippen LogP contribution is -1.93. The van der Waals surface area contributed by atoms with Crippen LogP contribution in [0.4, 0.5) is 0 Å². The summed E-state index contributed by atoms with van der Waals surface area (Å²) in [5.41, 5.74) is 2.19. The fourth-order valence-electron chi connectivity index (χ4n) is 1.13. The Hall–Kier alpha value is -1.18. The van der Waals surface area contributed by atoms with Gasteiger partial charge in [0, 0.05) is 6.07 Å². The van der Waals surface area contributed by atoms with Gasteiger partial charge in [0.2, 0.25) is 0 Å². The lowest BCUT2D eigenvalue weighted by molar-refractivity contribution is 0.397. The van der Waals surface area contributed by atoms with Crippen molar-refractivity contribution in [1.82, 2.24) is 0 Å². The highest BCUT2D eigenvalue weighted by Gasteiger charge is 2.05. The maximum absolute atomic E-state index is 5.14. The largest absolute Gasteiger partial charge is 0.496 e. The molecule has 0 atom stereocenters. The topological polar surface area (TPSA) is 18.5 Å². The Morgan fingerprint density at radius 1 is 1.08 bits per heavy atom. The van der Waals surface area contributed by atoms with Crippen LogP contribution < -0.4 is 9.47 Å². The predicted molar refractivity (Wildman–Crippen MR) is 47.9 cm³/mol. The molecule has 0 heterocycles. The standard InChI is InChI=1S/C10H13O2/c1-7-8(2)10(12-4)6-5-9(7)11-3/h5H,1-4H3. The zero-order valence-corrected chi connectivity index (χ0v) is 7.89. The lowest BCUT2D eigenvalue weighted by atomic mass is 10.1. The molecule has 0 N–H and O–H groups in total. The number of hydrogen-bond donors (Lipinski definition) is 0. The Kier molecular flexibility index (Phi) is 2.58. The van der Waals surface area contributed by atoms with Crippen LogP contribution >= 0.6 is 0 Å². The quantitative estimate of drug-likeness (QED) is 0.668. The van der Waals surface area contributed by atoms with Gasteiger partial charge in [-0.2, -0.15) is 0 Å². The van der Waals surface area contributed by atoms with Gasteiger partial charge in [0.15, 0.2) is 0 Å². The highest BCUT2D eigenvalue weighted by molar-refractivity contribution is 5.46. The average molecular weight is 165 g/mol. The van der Waals surface area contributed by atoms with Crippen molar-refractivity contribution in [2.75, 3.05) is 14.2 Å². The van der Waals surface area contributed by atoms with E-state index in [1.165, 1.54) is 0 Å². The van der Waals surface area contributed by atoms with Crippen molar-refractivity contribution in [3.05, 3.63) is 23.3 Å². The van der Waals surface area contributed by atoms with Crippen LogP contribution in [0.3, 0.4) is 0 Å². The van der Waals surface area contributed by atoms with Gasteiger partial charge in [-0.1, -0.05) is 0 Å². The predicted octanol–water partition coefficient (Wildman–Crippen LogP) is 2.12. The van der Waals surface area contributed by atoms with Crippen molar-refractivity contribution in [2.45, 2.75) is 13.8 Å². The highest BCUT2D eigenvalue weighted by Crippen LogP contribution is 2.27. The van der Waals surface area contributed by atoms with Gasteiger partial charge in [0.05, 0.1) is 14.2 Å². The van der Waals surface area contributed by atoms with E-state index in [-0.39, 0.29) is 0 Å². The Morgan fingerprint density at radius 3 is 2.25 bits per heavy atom. The second kappa shape index (κ2) is 3.48. The second-order valence-electron chi connectivity index (χ2n) is 2.64. The molecule has 1 aromatic rings. The molecule has 1 aromatic carbocycles. The van der Waals surface area contributed by atoms with E-state index < -0.39 is 0 Å². The summed E-state index contributed by atoms with van der Waals surface area (Å²) < 4.78 is 10.3. The molecule has 2 heteroatoms. The summed E-state index contributed by atoms with van der Waals surface area (Å²) in [7, 11) is 3.30. The van der Waals surface area contributed by atoms with Crippen molar-refractivity contribution in [3.63, 3.8) is 0 Å². The molecular formula is C10H13O2. The number of benzene rings is 1. The normalized spacial score (nSPS) is 9.67. The molecule has 2 nitrogen and oxygen atoms in total. The first kappa shape index (κ1) is 8.91. The molecule has 0 aliphatic carbocycles. The summed E-state index contributed by atoms with van der Waals surface area (Å²) >= 11 is 0. The number of rotatable bonds is 2. The van der Waals surface area contributed by atoms with Gasteiger partial charge >= 0.3 is 0 Å². The molecule has 1 rings (SSSR count). The van der Waals surface area contributed by atoms with Gasteiger partial charge < -0.3 is 9.47 Å². The van der Waals surface area contributed by atoms with E-state index in [2.05, 4.69) is 6.07 Å². The molecule has 0 unspecified atom stereocenters. The zero-order chi connectivity index (χ0) is 9.14. The Labute approximate surface area is 73.1 Å². The third-order valence-corrected chi connectivity index (χ3v) is 2.03. The molecule has 0 bridgehead atoms. The van der Waals surface area contributed by atoms with E-state index in [0.29, 0.717) is 0 Å². The summed E-state index contributed by atoms with van der Waals surface area (Å²) in [4.78, 5) is 0. The summed E-state index contributed by atoms with van der Waals surface area (Å²) in [5.74, 6) is 1.64. The third kappa shape index (κ3) is 1.37. The van der Waals surface area contributed by atoms with Crippen LogP contribution in [0.2, 0.25) is 0 Å². The van der Waals surface area contributed by atoms with E-state index >= 15 is 0 Å². The highest BCUT2D eigenvalue weighted by atomic mass is 16.5. The number of hydrogen-bond acceptors (Lipinski definition) is 2. The Bertz CT molecular complexity index is 250. The van der Waals surface area contributed by atoms with Crippen molar-refractivity contribution in [2.24, 2.45) is 0 Å². The molecule has 0 aromatic heterocycles. The SMILES string of the molecule is COc1[c]cc(OC)c(C)c1C. The fraction of sp³-hybridized carbons (Fsp3) is 0.400. The maximum atomic E-state index is 5.14. The maximum Gasteiger partial charge on any atom is 0.130 e. The van der Waals surface area contributed by atoms with Crippen LogP contribution in [0.15, 0.2) is 6.07 Å². The van der Waals surface area contributed by atoms with E-state index in [1.54, 1.807) is 20.3 Å². The molecule has 0 spiro atoms. The Morgan fingerprint density at radius 2 is 1.75 bits per heavy atom. The van der Waals surface area contributed by atoms with E-state index in [9.17, 15) is 0 Å². The van der Waals surface area contributed by atoms with Gasteiger partial charge in [-0.3, -0.25) is 0 Å². The first-order chi connectivity index (χ1) is 5.70. The van der Waals surface area contributed by atoms with Crippen molar-refractivity contribution in [1.29, 1.82) is 0 Å². The second-order valence-corrected chi connectivity index (χ2v) is 2.64. The van der Waals surface area contributed by atoms with Crippen molar-refractivity contribution >= 4 is 0 Å². The zero-order valence-electron chi connectivity index (χ0n) is 7.89. The number of methoxy groups -OCH3 is 2. The van der Waals surface area contributed by atoms with Crippen LogP contribution in [-0.4, -0.2) is 14.2 Å². The van der Waals surface area contributed by atoms with Gasteiger partial charge in [-0.15, -0.1) is 0 Å². The van der Waals surface area contributed by atoms with Crippen LogP contribution in [0.25, 0.3) is 0 Å². The summed E-state index contributed by atoms with van der Waals surface area (Å²) in [6, 6.07) is 4.79. The molecule has 0 fully saturated rings.